The number of benzene rings is 1. The van der Waals surface area contributed by atoms with Crippen LogP contribution >= 0.6 is 0 Å². The van der Waals surface area contributed by atoms with Crippen LogP contribution < -0.4 is 9.47 Å². The molecule has 2 rings (SSSR count). The second kappa shape index (κ2) is 7.59. The monoisotopic (exact) mass is 343 g/mol. The quantitative estimate of drug-likeness (QED) is 0.745. The number of amides is 1. The van der Waals surface area contributed by atoms with Crippen molar-refractivity contribution in [3.8, 4) is 11.5 Å². The third kappa shape index (κ3) is 4.66. The number of hydrogen-bond donors (Lipinski definition) is 0. The smallest absolute Gasteiger partial charge is 0.406 e. The van der Waals surface area contributed by atoms with Crippen molar-refractivity contribution in [3.05, 3.63) is 36.4 Å². The third-order valence-corrected chi connectivity index (χ3v) is 3.63. The second-order valence-electron chi connectivity index (χ2n) is 5.54. The first-order chi connectivity index (χ1) is 11.3. The van der Waals surface area contributed by atoms with Gasteiger partial charge in [0.1, 0.15) is 24.7 Å². The van der Waals surface area contributed by atoms with Crippen LogP contribution in [0, 0.1) is 5.92 Å². The van der Waals surface area contributed by atoms with Gasteiger partial charge >= 0.3 is 6.18 Å². The summed E-state index contributed by atoms with van der Waals surface area (Å²) in [5.41, 5.74) is 0.760. The third-order valence-electron chi connectivity index (χ3n) is 3.63. The zero-order valence-electron chi connectivity index (χ0n) is 13.4. The van der Waals surface area contributed by atoms with Gasteiger partial charge in [0.05, 0.1) is 12.5 Å². The lowest BCUT2D eigenvalue weighted by molar-refractivity contribution is -0.163. The highest BCUT2D eigenvalue weighted by Gasteiger charge is 2.36. The van der Waals surface area contributed by atoms with Crippen molar-refractivity contribution >= 4 is 5.91 Å². The highest BCUT2D eigenvalue weighted by molar-refractivity contribution is 5.80. The number of halogens is 3. The molecule has 0 aliphatic carbocycles. The van der Waals surface area contributed by atoms with E-state index in [1.165, 1.54) is 6.08 Å². The molecule has 1 unspecified atom stereocenters. The van der Waals surface area contributed by atoms with E-state index >= 15 is 0 Å². The van der Waals surface area contributed by atoms with Crippen LogP contribution in [0.25, 0.3) is 0 Å². The Morgan fingerprint density at radius 2 is 2.25 bits per heavy atom. The first-order valence-electron chi connectivity index (χ1n) is 7.69. The molecule has 0 saturated heterocycles. The molecule has 0 radical (unpaired) electrons. The summed E-state index contributed by atoms with van der Waals surface area (Å²) in [5.74, 6) is 0.0381. The fraction of sp³-hybridized carbons (Fsp3) is 0.471. The molecule has 0 fully saturated rings. The number of fused-ring (bicyclic) bond motifs is 1. The predicted molar refractivity (Wildman–Crippen MR) is 83.1 cm³/mol. The summed E-state index contributed by atoms with van der Waals surface area (Å²) < 4.78 is 48.9. The molecular weight excluding hydrogens is 323 g/mol. The Labute approximate surface area is 138 Å². The molecule has 132 valence electrons. The minimum atomic E-state index is -4.45. The van der Waals surface area contributed by atoms with Crippen molar-refractivity contribution in [2.75, 3.05) is 26.3 Å². The van der Waals surface area contributed by atoms with Gasteiger partial charge in [0.15, 0.2) is 0 Å². The van der Waals surface area contributed by atoms with Crippen LogP contribution in [0.3, 0.4) is 0 Å². The summed E-state index contributed by atoms with van der Waals surface area (Å²) in [6.07, 6.45) is -2.84. The minimum absolute atomic E-state index is 0.0608. The number of rotatable bonds is 6. The molecule has 1 aromatic rings. The van der Waals surface area contributed by atoms with Gasteiger partial charge in [-0.05, 0) is 37.1 Å². The Kier molecular flexibility index (Phi) is 5.75. The first kappa shape index (κ1) is 18.2. The predicted octanol–water partition coefficient (Wildman–Crippen LogP) is 3.21. The molecule has 1 aromatic carbocycles. The lowest BCUT2D eigenvalue weighted by Crippen LogP contribution is -2.45. The van der Waals surface area contributed by atoms with Crippen LogP contribution in [0.15, 0.2) is 30.9 Å². The van der Waals surface area contributed by atoms with E-state index in [1.807, 2.05) is 6.92 Å². The van der Waals surface area contributed by atoms with E-state index in [0.29, 0.717) is 24.5 Å². The van der Waals surface area contributed by atoms with E-state index < -0.39 is 24.5 Å². The van der Waals surface area contributed by atoms with E-state index in [-0.39, 0.29) is 13.2 Å². The fourth-order valence-corrected chi connectivity index (χ4v) is 2.65. The molecular formula is C17H20F3NO3. The van der Waals surface area contributed by atoms with Crippen molar-refractivity contribution in [2.45, 2.75) is 19.5 Å². The van der Waals surface area contributed by atoms with Crippen LogP contribution in [-0.4, -0.2) is 43.3 Å². The second-order valence-corrected chi connectivity index (χ2v) is 5.54. The Hall–Kier alpha value is -2.18. The maximum Gasteiger partial charge on any atom is 0.406 e. The van der Waals surface area contributed by atoms with E-state index in [9.17, 15) is 18.0 Å². The van der Waals surface area contributed by atoms with Crippen molar-refractivity contribution in [1.29, 1.82) is 0 Å². The SMILES string of the molecule is C=CCN(CC(F)(F)F)C(=O)C1COc2ccc(OCC)cc2C1. The summed E-state index contributed by atoms with van der Waals surface area (Å²) in [6.45, 7) is 4.39. The molecule has 4 nitrogen and oxygen atoms in total. The number of nitrogens with zero attached hydrogens (tertiary/aromatic N) is 1. The molecule has 0 aromatic heterocycles. The molecule has 1 aliphatic rings. The van der Waals surface area contributed by atoms with Crippen molar-refractivity contribution < 1.29 is 27.4 Å². The average Bonchev–Trinajstić information content (AvgIpc) is 2.52. The van der Waals surface area contributed by atoms with Gasteiger partial charge in [0.2, 0.25) is 5.91 Å². The molecule has 0 bridgehead atoms. The van der Waals surface area contributed by atoms with E-state index in [0.717, 1.165) is 10.5 Å². The van der Waals surface area contributed by atoms with Gasteiger partial charge in [-0.1, -0.05) is 6.08 Å². The molecule has 1 heterocycles. The molecule has 1 atom stereocenters. The summed E-state index contributed by atoms with van der Waals surface area (Å²) in [6, 6.07) is 5.27. The number of alkyl halides is 3. The van der Waals surface area contributed by atoms with Gasteiger partial charge in [-0.25, -0.2) is 0 Å². The van der Waals surface area contributed by atoms with E-state index in [2.05, 4.69) is 6.58 Å². The van der Waals surface area contributed by atoms with Crippen molar-refractivity contribution in [1.82, 2.24) is 4.90 Å². The molecule has 24 heavy (non-hydrogen) atoms. The van der Waals surface area contributed by atoms with Crippen LogP contribution in [0.1, 0.15) is 12.5 Å². The zero-order valence-corrected chi connectivity index (χ0v) is 13.4. The van der Waals surface area contributed by atoms with Gasteiger partial charge in [-0.3, -0.25) is 4.79 Å². The van der Waals surface area contributed by atoms with E-state index in [4.69, 9.17) is 9.47 Å². The lowest BCUT2D eigenvalue weighted by Gasteiger charge is -2.30. The Balaban J connectivity index is 2.13. The number of carbonyl (C=O) groups is 1. The minimum Gasteiger partial charge on any atom is -0.494 e. The van der Waals surface area contributed by atoms with Gasteiger partial charge < -0.3 is 14.4 Å². The Bertz CT molecular complexity index is 601. The molecule has 0 spiro atoms. The highest BCUT2D eigenvalue weighted by Crippen LogP contribution is 2.32. The van der Waals surface area contributed by atoms with Crippen LogP contribution in [0.5, 0.6) is 11.5 Å². The van der Waals surface area contributed by atoms with Gasteiger partial charge in [0, 0.05) is 6.54 Å². The Morgan fingerprint density at radius 3 is 2.88 bits per heavy atom. The maximum atomic E-state index is 12.7. The maximum absolute atomic E-state index is 12.7. The molecule has 0 N–H and O–H groups in total. The molecule has 0 saturated carbocycles. The average molecular weight is 343 g/mol. The first-order valence-corrected chi connectivity index (χ1v) is 7.69. The summed E-state index contributed by atoms with van der Waals surface area (Å²) in [7, 11) is 0. The van der Waals surface area contributed by atoms with Gasteiger partial charge in [0.25, 0.3) is 0 Å². The number of hydrogen-bond acceptors (Lipinski definition) is 3. The van der Waals surface area contributed by atoms with Crippen LogP contribution in [0.4, 0.5) is 13.2 Å². The largest absolute Gasteiger partial charge is 0.494 e. The summed E-state index contributed by atoms with van der Waals surface area (Å²) in [5, 5.41) is 0. The van der Waals surface area contributed by atoms with E-state index in [1.54, 1.807) is 18.2 Å². The molecule has 7 heteroatoms. The summed E-state index contributed by atoms with van der Waals surface area (Å²) >= 11 is 0. The molecule has 1 amide bonds. The lowest BCUT2D eigenvalue weighted by atomic mass is 9.95. The van der Waals surface area contributed by atoms with Gasteiger partial charge in [-0.2, -0.15) is 13.2 Å². The van der Waals surface area contributed by atoms with Crippen LogP contribution in [0.2, 0.25) is 0 Å². The topological polar surface area (TPSA) is 38.8 Å². The zero-order chi connectivity index (χ0) is 17.7. The van der Waals surface area contributed by atoms with Crippen LogP contribution in [-0.2, 0) is 11.2 Å². The highest BCUT2D eigenvalue weighted by atomic mass is 19.4. The number of carbonyl (C=O) groups excluding carboxylic acids is 1. The van der Waals surface area contributed by atoms with Gasteiger partial charge in [-0.15, -0.1) is 6.58 Å². The van der Waals surface area contributed by atoms with Crippen molar-refractivity contribution in [2.24, 2.45) is 5.92 Å². The normalized spacial score (nSPS) is 16.8. The standard InChI is InChI=1S/C17H20F3NO3/c1-3-7-21(11-17(18,19)20)16(22)13-8-12-9-14(23-4-2)5-6-15(12)24-10-13/h3,5-6,9,13H,1,4,7-8,10-11H2,2H3. The van der Waals surface area contributed by atoms with Crippen molar-refractivity contribution in [3.63, 3.8) is 0 Å². The number of ether oxygens (including phenoxy) is 2. The fourth-order valence-electron chi connectivity index (χ4n) is 2.65. The summed E-state index contributed by atoms with van der Waals surface area (Å²) in [4.78, 5) is 13.2. The Morgan fingerprint density at radius 1 is 1.50 bits per heavy atom. The molecule has 1 aliphatic heterocycles.